The Morgan fingerprint density at radius 3 is 2.85 bits per heavy atom. The van der Waals surface area contributed by atoms with Crippen molar-refractivity contribution < 1.29 is 18.3 Å². The van der Waals surface area contributed by atoms with Crippen LogP contribution in [0.15, 0.2) is 18.2 Å². The van der Waals surface area contributed by atoms with Gasteiger partial charge in [0.1, 0.15) is 0 Å². The van der Waals surface area contributed by atoms with Gasteiger partial charge in [-0.2, -0.15) is 0 Å². The SMILES string of the molecule is CC1CN(C(C)C(=O)Nc2ccc(F)c(F)c2)CCO1. The van der Waals surface area contributed by atoms with Gasteiger partial charge in [-0.15, -0.1) is 0 Å². The van der Waals surface area contributed by atoms with E-state index in [9.17, 15) is 13.6 Å². The molecule has 110 valence electrons. The number of carbonyl (C=O) groups excluding carboxylic acids is 1. The standard InChI is InChI=1S/C14H18F2N2O2/c1-9-8-18(5-6-20-9)10(2)14(19)17-11-3-4-12(15)13(16)7-11/h3-4,7,9-10H,5-6,8H2,1-2H3,(H,17,19). The van der Waals surface area contributed by atoms with Crippen LogP contribution in [0.3, 0.4) is 0 Å². The summed E-state index contributed by atoms with van der Waals surface area (Å²) in [6, 6.07) is 2.95. The van der Waals surface area contributed by atoms with Crippen LogP contribution in [0.25, 0.3) is 0 Å². The van der Waals surface area contributed by atoms with Crippen molar-refractivity contribution in [2.24, 2.45) is 0 Å². The van der Waals surface area contributed by atoms with E-state index in [0.717, 1.165) is 12.1 Å². The van der Waals surface area contributed by atoms with Gasteiger partial charge in [-0.25, -0.2) is 8.78 Å². The number of anilines is 1. The largest absolute Gasteiger partial charge is 0.376 e. The minimum atomic E-state index is -0.976. The van der Waals surface area contributed by atoms with E-state index in [1.807, 2.05) is 11.8 Å². The third-order valence-electron chi connectivity index (χ3n) is 3.39. The van der Waals surface area contributed by atoms with E-state index in [-0.39, 0.29) is 23.7 Å². The van der Waals surface area contributed by atoms with E-state index in [1.165, 1.54) is 6.07 Å². The van der Waals surface area contributed by atoms with E-state index < -0.39 is 11.6 Å². The summed E-state index contributed by atoms with van der Waals surface area (Å²) in [5, 5.41) is 2.59. The first-order chi connectivity index (χ1) is 9.47. The van der Waals surface area contributed by atoms with Crippen molar-refractivity contribution in [1.82, 2.24) is 4.90 Å². The highest BCUT2D eigenvalue weighted by atomic mass is 19.2. The Labute approximate surface area is 116 Å². The van der Waals surface area contributed by atoms with Crippen LogP contribution in [-0.2, 0) is 9.53 Å². The van der Waals surface area contributed by atoms with Crippen LogP contribution in [0.2, 0.25) is 0 Å². The summed E-state index contributed by atoms with van der Waals surface area (Å²) in [6.07, 6.45) is 0.0854. The van der Waals surface area contributed by atoms with Crippen LogP contribution in [0, 0.1) is 11.6 Å². The molecule has 1 aliphatic heterocycles. The zero-order valence-electron chi connectivity index (χ0n) is 11.5. The molecular weight excluding hydrogens is 266 g/mol. The molecule has 1 saturated heterocycles. The Bertz CT molecular complexity index is 496. The molecule has 2 atom stereocenters. The quantitative estimate of drug-likeness (QED) is 0.923. The van der Waals surface area contributed by atoms with E-state index in [0.29, 0.717) is 19.7 Å². The summed E-state index contributed by atoms with van der Waals surface area (Å²) in [5.41, 5.74) is 0.252. The summed E-state index contributed by atoms with van der Waals surface area (Å²) >= 11 is 0. The molecule has 1 aromatic rings. The Hall–Kier alpha value is -1.53. The molecule has 1 aliphatic rings. The van der Waals surface area contributed by atoms with Crippen LogP contribution in [0.5, 0.6) is 0 Å². The van der Waals surface area contributed by atoms with Crippen LogP contribution >= 0.6 is 0 Å². The van der Waals surface area contributed by atoms with Gasteiger partial charge in [-0.3, -0.25) is 9.69 Å². The van der Waals surface area contributed by atoms with Crippen LogP contribution in [0.1, 0.15) is 13.8 Å². The molecule has 1 aromatic carbocycles. The van der Waals surface area contributed by atoms with Crippen molar-refractivity contribution in [3.8, 4) is 0 Å². The fourth-order valence-corrected chi connectivity index (χ4v) is 2.18. The van der Waals surface area contributed by atoms with E-state index >= 15 is 0 Å². The van der Waals surface area contributed by atoms with Gasteiger partial charge in [0, 0.05) is 24.8 Å². The normalized spacial score (nSPS) is 21.5. The van der Waals surface area contributed by atoms with Crippen LogP contribution in [-0.4, -0.2) is 42.6 Å². The molecule has 1 amide bonds. The molecule has 0 aromatic heterocycles. The lowest BCUT2D eigenvalue weighted by molar-refractivity contribution is -0.123. The zero-order chi connectivity index (χ0) is 14.7. The second-order valence-electron chi connectivity index (χ2n) is 4.97. The number of morpholine rings is 1. The fraction of sp³-hybridized carbons (Fsp3) is 0.500. The average Bonchev–Trinajstić information content (AvgIpc) is 2.42. The first-order valence-corrected chi connectivity index (χ1v) is 6.59. The summed E-state index contributed by atoms with van der Waals surface area (Å²) in [4.78, 5) is 14.1. The minimum absolute atomic E-state index is 0.0854. The fourth-order valence-electron chi connectivity index (χ4n) is 2.18. The number of nitrogens with one attached hydrogen (secondary N) is 1. The van der Waals surface area contributed by atoms with Crippen molar-refractivity contribution in [1.29, 1.82) is 0 Å². The van der Waals surface area contributed by atoms with Gasteiger partial charge in [0.2, 0.25) is 5.91 Å². The van der Waals surface area contributed by atoms with E-state index in [4.69, 9.17) is 4.74 Å². The molecule has 20 heavy (non-hydrogen) atoms. The third kappa shape index (κ3) is 3.52. The predicted molar refractivity (Wildman–Crippen MR) is 71.4 cm³/mol. The van der Waals surface area contributed by atoms with Crippen LogP contribution < -0.4 is 5.32 Å². The summed E-state index contributed by atoms with van der Waals surface area (Å²) in [7, 11) is 0. The second-order valence-corrected chi connectivity index (χ2v) is 4.97. The topological polar surface area (TPSA) is 41.6 Å². The lowest BCUT2D eigenvalue weighted by atomic mass is 10.2. The smallest absolute Gasteiger partial charge is 0.241 e. The van der Waals surface area contributed by atoms with Crippen LogP contribution in [0.4, 0.5) is 14.5 Å². The van der Waals surface area contributed by atoms with Gasteiger partial charge in [0.25, 0.3) is 0 Å². The average molecular weight is 284 g/mol. The number of hydrogen-bond acceptors (Lipinski definition) is 3. The van der Waals surface area contributed by atoms with Gasteiger partial charge in [0.15, 0.2) is 11.6 Å². The molecule has 0 saturated carbocycles. The first-order valence-electron chi connectivity index (χ1n) is 6.59. The molecular formula is C14H18F2N2O2. The molecule has 0 bridgehead atoms. The van der Waals surface area contributed by atoms with Gasteiger partial charge in [0.05, 0.1) is 18.8 Å². The van der Waals surface area contributed by atoms with Gasteiger partial charge >= 0.3 is 0 Å². The zero-order valence-corrected chi connectivity index (χ0v) is 11.5. The van der Waals surface area contributed by atoms with Gasteiger partial charge in [-0.05, 0) is 26.0 Å². The maximum atomic E-state index is 13.1. The van der Waals surface area contributed by atoms with E-state index in [1.54, 1.807) is 6.92 Å². The predicted octanol–water partition coefficient (Wildman–Crippen LogP) is 2.01. The van der Waals surface area contributed by atoms with Crippen molar-refractivity contribution in [3.05, 3.63) is 29.8 Å². The molecule has 0 spiro atoms. The molecule has 1 N–H and O–H groups in total. The highest BCUT2D eigenvalue weighted by Crippen LogP contribution is 2.15. The third-order valence-corrected chi connectivity index (χ3v) is 3.39. The van der Waals surface area contributed by atoms with Crippen molar-refractivity contribution in [2.75, 3.05) is 25.0 Å². The Kier molecular flexibility index (Phi) is 4.67. The number of ether oxygens (including phenoxy) is 1. The molecule has 6 heteroatoms. The highest BCUT2D eigenvalue weighted by Gasteiger charge is 2.26. The van der Waals surface area contributed by atoms with Gasteiger partial charge in [-0.1, -0.05) is 0 Å². The van der Waals surface area contributed by atoms with E-state index in [2.05, 4.69) is 5.32 Å². The lowest BCUT2D eigenvalue weighted by Crippen LogP contribution is -2.50. The molecule has 1 heterocycles. The highest BCUT2D eigenvalue weighted by molar-refractivity contribution is 5.94. The second kappa shape index (κ2) is 6.28. The number of carbonyl (C=O) groups is 1. The maximum Gasteiger partial charge on any atom is 0.241 e. The molecule has 4 nitrogen and oxygen atoms in total. The Balaban J connectivity index is 1.98. The minimum Gasteiger partial charge on any atom is -0.376 e. The monoisotopic (exact) mass is 284 g/mol. The number of nitrogens with zero attached hydrogens (tertiary/aromatic N) is 1. The summed E-state index contributed by atoms with van der Waals surface area (Å²) < 4.78 is 31.3. The maximum absolute atomic E-state index is 13.1. The Morgan fingerprint density at radius 2 is 2.20 bits per heavy atom. The number of benzene rings is 1. The summed E-state index contributed by atoms with van der Waals surface area (Å²) in [5.74, 6) is -2.15. The van der Waals surface area contributed by atoms with Gasteiger partial charge < -0.3 is 10.1 Å². The Morgan fingerprint density at radius 1 is 1.45 bits per heavy atom. The molecule has 1 fully saturated rings. The van der Waals surface area contributed by atoms with Crippen molar-refractivity contribution in [2.45, 2.75) is 26.0 Å². The number of amides is 1. The molecule has 2 unspecified atom stereocenters. The number of rotatable bonds is 3. The van der Waals surface area contributed by atoms with Crippen molar-refractivity contribution >= 4 is 11.6 Å². The number of hydrogen-bond donors (Lipinski definition) is 1. The van der Waals surface area contributed by atoms with Crippen molar-refractivity contribution in [3.63, 3.8) is 0 Å². The first kappa shape index (κ1) is 14.9. The summed E-state index contributed by atoms with van der Waals surface area (Å²) in [6.45, 7) is 5.67. The number of halogens is 2. The molecule has 0 aliphatic carbocycles. The molecule has 2 rings (SSSR count). The lowest BCUT2D eigenvalue weighted by Gasteiger charge is -2.34. The molecule has 0 radical (unpaired) electrons.